The second-order valence-corrected chi connectivity index (χ2v) is 9.72. The van der Waals surface area contributed by atoms with Crippen LogP contribution in [0.4, 0.5) is 10.7 Å². The number of para-hydroxylation sites is 1. The van der Waals surface area contributed by atoms with E-state index < -0.39 is 24.0 Å². The number of thiophene rings is 1. The Morgan fingerprint density at radius 3 is 2.67 bits per heavy atom. The standard InChI is InChI=1S/C25H21N3O4S/c1-14-7-2-4-9-17(14)28-21(18-10-6-12-31-18)20-22(32-28)24(30)27(23(20)29)25-16(13-26)15-8-3-5-11-19(15)33-25/h2,4,6-7,9-10,12,20-22H,3,5,8,11H2,1H3/t20-,21+,22-/m1/s1. The molecule has 0 radical (unpaired) electrons. The predicted octanol–water partition coefficient (Wildman–Crippen LogP) is 4.45. The van der Waals surface area contributed by atoms with Crippen molar-refractivity contribution in [2.75, 3.05) is 9.96 Å². The number of hydroxylamine groups is 1. The Hall–Kier alpha value is -3.41. The summed E-state index contributed by atoms with van der Waals surface area (Å²) in [5.74, 6) is -0.987. The minimum Gasteiger partial charge on any atom is -0.467 e. The quantitative estimate of drug-likeness (QED) is 0.538. The molecule has 0 unspecified atom stereocenters. The number of amides is 2. The van der Waals surface area contributed by atoms with Gasteiger partial charge in [0.15, 0.2) is 6.10 Å². The SMILES string of the molecule is Cc1ccccc1N1O[C@H]2C(=O)N(c3sc4c(c3C#N)CCCC4)C(=O)[C@@H]2[C@@H]1c1ccco1. The van der Waals surface area contributed by atoms with Gasteiger partial charge in [0.2, 0.25) is 5.91 Å². The van der Waals surface area contributed by atoms with Crippen LogP contribution in [0, 0.1) is 24.2 Å². The van der Waals surface area contributed by atoms with E-state index in [1.165, 1.54) is 16.2 Å². The van der Waals surface area contributed by atoms with Crippen LogP contribution in [0.5, 0.6) is 0 Å². The number of furan rings is 1. The topological polar surface area (TPSA) is 86.8 Å². The van der Waals surface area contributed by atoms with E-state index >= 15 is 0 Å². The summed E-state index contributed by atoms with van der Waals surface area (Å²) in [6.45, 7) is 1.96. The monoisotopic (exact) mass is 459 g/mol. The van der Waals surface area contributed by atoms with Gasteiger partial charge in [-0.2, -0.15) is 5.26 Å². The molecule has 4 heterocycles. The molecule has 1 aromatic carbocycles. The lowest BCUT2D eigenvalue weighted by Crippen LogP contribution is -2.37. The van der Waals surface area contributed by atoms with Crippen molar-refractivity contribution in [2.45, 2.75) is 44.8 Å². The maximum Gasteiger partial charge on any atom is 0.267 e. The first-order valence-electron chi connectivity index (χ1n) is 11.1. The zero-order valence-electron chi connectivity index (χ0n) is 18.0. The van der Waals surface area contributed by atoms with Gasteiger partial charge in [-0.25, -0.2) is 9.96 Å². The minimum absolute atomic E-state index is 0.349. The molecule has 3 aromatic rings. The third-order valence-electron chi connectivity index (χ3n) is 6.77. The van der Waals surface area contributed by atoms with Crippen molar-refractivity contribution in [3.8, 4) is 6.07 Å². The molecule has 1 aliphatic carbocycles. The largest absolute Gasteiger partial charge is 0.467 e. The highest BCUT2D eigenvalue weighted by atomic mass is 32.1. The number of anilines is 2. The number of nitrogens with zero attached hydrogens (tertiary/aromatic N) is 3. The molecular formula is C25H21N3O4S. The number of carbonyl (C=O) groups is 2. The number of fused-ring (bicyclic) bond motifs is 2. The number of carbonyl (C=O) groups excluding carboxylic acids is 2. The van der Waals surface area contributed by atoms with Crippen molar-refractivity contribution >= 4 is 33.8 Å². The lowest BCUT2D eigenvalue weighted by atomic mass is 9.94. The van der Waals surface area contributed by atoms with Crippen LogP contribution in [0.15, 0.2) is 47.1 Å². The van der Waals surface area contributed by atoms with E-state index in [0.29, 0.717) is 16.3 Å². The van der Waals surface area contributed by atoms with E-state index in [-0.39, 0.29) is 5.91 Å². The van der Waals surface area contributed by atoms with Crippen LogP contribution in [0.1, 0.15) is 46.2 Å². The summed E-state index contributed by atoms with van der Waals surface area (Å²) in [6, 6.07) is 12.9. The number of aryl methyl sites for hydroxylation is 2. The van der Waals surface area contributed by atoms with Crippen molar-refractivity contribution in [1.82, 2.24) is 0 Å². The maximum atomic E-state index is 13.8. The fraction of sp³-hybridized carbons (Fsp3) is 0.320. The van der Waals surface area contributed by atoms with E-state index in [1.807, 2.05) is 31.2 Å². The first kappa shape index (κ1) is 20.2. The summed E-state index contributed by atoms with van der Waals surface area (Å²) in [5, 5.41) is 12.0. The molecule has 2 saturated heterocycles. The van der Waals surface area contributed by atoms with Crippen LogP contribution in [-0.4, -0.2) is 17.9 Å². The second kappa shape index (κ2) is 7.58. The average molecular weight is 460 g/mol. The molecule has 8 heteroatoms. The Bertz CT molecular complexity index is 1310. The van der Waals surface area contributed by atoms with Crippen LogP contribution >= 0.6 is 11.3 Å². The number of rotatable bonds is 3. The number of nitriles is 1. The van der Waals surface area contributed by atoms with E-state index in [0.717, 1.165) is 47.4 Å². The molecule has 6 rings (SSSR count). The molecule has 0 saturated carbocycles. The van der Waals surface area contributed by atoms with Gasteiger partial charge in [-0.15, -0.1) is 11.3 Å². The third kappa shape index (κ3) is 2.89. The Morgan fingerprint density at radius 2 is 1.91 bits per heavy atom. The molecule has 0 bridgehead atoms. The van der Waals surface area contributed by atoms with Crippen LogP contribution in [0.2, 0.25) is 0 Å². The highest BCUT2D eigenvalue weighted by Gasteiger charge is 2.62. The molecule has 166 valence electrons. The lowest BCUT2D eigenvalue weighted by molar-refractivity contribution is -0.126. The van der Waals surface area contributed by atoms with Crippen molar-refractivity contribution in [1.29, 1.82) is 5.26 Å². The van der Waals surface area contributed by atoms with Crippen molar-refractivity contribution in [3.05, 3.63) is 70.0 Å². The molecule has 0 N–H and O–H groups in total. The van der Waals surface area contributed by atoms with Gasteiger partial charge in [0, 0.05) is 4.88 Å². The van der Waals surface area contributed by atoms with Gasteiger partial charge >= 0.3 is 0 Å². The van der Waals surface area contributed by atoms with Crippen LogP contribution in [0.25, 0.3) is 0 Å². The van der Waals surface area contributed by atoms with Gasteiger partial charge in [-0.1, -0.05) is 18.2 Å². The van der Waals surface area contributed by atoms with E-state index in [1.54, 1.807) is 23.5 Å². The number of hydrogen-bond donors (Lipinski definition) is 0. The maximum absolute atomic E-state index is 13.8. The smallest absolute Gasteiger partial charge is 0.267 e. The van der Waals surface area contributed by atoms with E-state index in [9.17, 15) is 14.9 Å². The van der Waals surface area contributed by atoms with Crippen LogP contribution in [-0.2, 0) is 27.3 Å². The summed E-state index contributed by atoms with van der Waals surface area (Å²) in [5.41, 5.74) is 3.20. The first-order chi connectivity index (χ1) is 16.1. The molecule has 3 atom stereocenters. The summed E-state index contributed by atoms with van der Waals surface area (Å²) >= 11 is 1.40. The van der Waals surface area contributed by atoms with Crippen molar-refractivity contribution in [3.63, 3.8) is 0 Å². The van der Waals surface area contributed by atoms with Gasteiger partial charge in [0.05, 0.1) is 17.5 Å². The van der Waals surface area contributed by atoms with Crippen molar-refractivity contribution < 1.29 is 18.8 Å². The average Bonchev–Trinajstić information content (AvgIpc) is 3.58. The third-order valence-corrected chi connectivity index (χ3v) is 8.05. The summed E-state index contributed by atoms with van der Waals surface area (Å²) in [6.07, 6.45) is 4.34. The van der Waals surface area contributed by atoms with E-state index in [2.05, 4.69) is 6.07 Å². The van der Waals surface area contributed by atoms with E-state index in [4.69, 9.17) is 9.25 Å². The molecule has 7 nitrogen and oxygen atoms in total. The normalized spacial score (nSPS) is 24.2. The highest BCUT2D eigenvalue weighted by Crippen LogP contribution is 2.50. The summed E-state index contributed by atoms with van der Waals surface area (Å²) in [4.78, 5) is 35.9. The van der Waals surface area contributed by atoms with Gasteiger partial charge in [-0.05, 0) is 61.9 Å². The van der Waals surface area contributed by atoms with Crippen molar-refractivity contribution in [2.24, 2.45) is 5.92 Å². The Kier molecular flexibility index (Phi) is 4.64. The molecule has 3 aliphatic rings. The number of hydrogen-bond acceptors (Lipinski definition) is 7. The Balaban J connectivity index is 1.44. The molecule has 2 fully saturated rings. The molecule has 2 aromatic heterocycles. The predicted molar refractivity (Wildman–Crippen MR) is 122 cm³/mol. The van der Waals surface area contributed by atoms with Gasteiger partial charge in [0.25, 0.3) is 5.91 Å². The number of benzene rings is 1. The molecule has 2 aliphatic heterocycles. The van der Waals surface area contributed by atoms with Crippen LogP contribution in [0.3, 0.4) is 0 Å². The fourth-order valence-corrected chi connectivity index (χ4v) is 6.56. The van der Waals surface area contributed by atoms with Gasteiger partial charge in [0.1, 0.15) is 28.8 Å². The molecule has 0 spiro atoms. The van der Waals surface area contributed by atoms with Crippen LogP contribution < -0.4 is 9.96 Å². The lowest BCUT2D eigenvalue weighted by Gasteiger charge is -2.28. The molecule has 2 amide bonds. The zero-order valence-corrected chi connectivity index (χ0v) is 18.8. The molecule has 33 heavy (non-hydrogen) atoms. The highest BCUT2D eigenvalue weighted by molar-refractivity contribution is 7.17. The van der Waals surface area contributed by atoms with Gasteiger partial charge in [-0.3, -0.25) is 14.4 Å². The zero-order chi connectivity index (χ0) is 22.7. The Morgan fingerprint density at radius 1 is 1.09 bits per heavy atom. The molecular weight excluding hydrogens is 438 g/mol. The fourth-order valence-electron chi connectivity index (χ4n) is 5.21. The second-order valence-electron chi connectivity index (χ2n) is 8.64. The summed E-state index contributed by atoms with van der Waals surface area (Å²) in [7, 11) is 0. The van der Waals surface area contributed by atoms with Gasteiger partial charge < -0.3 is 4.42 Å². The summed E-state index contributed by atoms with van der Waals surface area (Å²) < 4.78 is 5.70. The first-order valence-corrected chi connectivity index (χ1v) is 11.9. The minimum atomic E-state index is -0.974. The Labute approximate surface area is 194 Å². The number of imide groups is 1.